The van der Waals surface area contributed by atoms with Crippen LogP contribution >= 0.6 is 0 Å². The molecule has 0 radical (unpaired) electrons. The van der Waals surface area contributed by atoms with Crippen molar-refractivity contribution in [2.45, 2.75) is 46.0 Å². The number of Topliss-reactive ketones (excluding diaryl/α,β-unsaturated/α-hetero) is 1. The molecule has 2 unspecified atom stereocenters. The van der Waals surface area contributed by atoms with Gasteiger partial charge in [-0.2, -0.15) is 0 Å². The molecule has 2 saturated carbocycles. The van der Waals surface area contributed by atoms with Crippen LogP contribution in [0, 0.1) is 17.3 Å². The number of hydrogen-bond donors (Lipinski definition) is 0. The molecule has 0 aromatic carbocycles. The van der Waals surface area contributed by atoms with Crippen LogP contribution in [-0.4, -0.2) is 5.78 Å². The summed E-state index contributed by atoms with van der Waals surface area (Å²) in [5.41, 5.74) is 0.294. The predicted molar refractivity (Wildman–Crippen MR) is 48.9 cm³/mol. The zero-order chi connectivity index (χ0) is 8.77. The Morgan fingerprint density at radius 2 is 2.08 bits per heavy atom. The second-order valence-corrected chi connectivity index (χ2v) is 5.28. The maximum Gasteiger partial charge on any atom is 0.133 e. The molecule has 1 heteroatoms. The number of hydrogen-bond acceptors (Lipinski definition) is 1. The Morgan fingerprint density at radius 1 is 1.33 bits per heavy atom. The first-order valence-electron chi connectivity index (χ1n) is 5.09. The van der Waals surface area contributed by atoms with Crippen LogP contribution in [0.2, 0.25) is 0 Å². The summed E-state index contributed by atoms with van der Waals surface area (Å²) in [6.45, 7) is 4.53. The summed E-state index contributed by atoms with van der Waals surface area (Å²) >= 11 is 0. The summed E-state index contributed by atoms with van der Waals surface area (Å²) in [4.78, 5) is 11.5. The molecule has 68 valence electrons. The second-order valence-electron chi connectivity index (χ2n) is 5.28. The molecule has 0 aromatic rings. The van der Waals surface area contributed by atoms with E-state index >= 15 is 0 Å². The lowest BCUT2D eigenvalue weighted by atomic mass is 9.75. The quantitative estimate of drug-likeness (QED) is 0.541. The maximum atomic E-state index is 11.5. The lowest BCUT2D eigenvalue weighted by Gasteiger charge is -2.29. The van der Waals surface area contributed by atoms with Crippen molar-refractivity contribution in [1.29, 1.82) is 0 Å². The van der Waals surface area contributed by atoms with Gasteiger partial charge < -0.3 is 0 Å². The fraction of sp³-hybridized carbons (Fsp3) is 0.909. The highest BCUT2D eigenvalue weighted by Gasteiger charge is 2.41. The maximum absolute atomic E-state index is 11.5. The Morgan fingerprint density at radius 3 is 2.83 bits per heavy atom. The monoisotopic (exact) mass is 166 g/mol. The van der Waals surface area contributed by atoms with Gasteiger partial charge in [0, 0.05) is 12.8 Å². The Balaban J connectivity index is 2.21. The third kappa shape index (κ3) is 1.30. The van der Waals surface area contributed by atoms with Crippen molar-refractivity contribution in [3.05, 3.63) is 0 Å². The van der Waals surface area contributed by atoms with E-state index < -0.39 is 0 Å². The van der Waals surface area contributed by atoms with Crippen LogP contribution in [-0.2, 0) is 4.79 Å². The highest BCUT2D eigenvalue weighted by Crippen LogP contribution is 2.48. The van der Waals surface area contributed by atoms with Crippen molar-refractivity contribution in [3.8, 4) is 0 Å². The zero-order valence-electron chi connectivity index (χ0n) is 8.10. The molecule has 0 N–H and O–H groups in total. The van der Waals surface area contributed by atoms with Crippen LogP contribution in [0.25, 0.3) is 0 Å². The van der Waals surface area contributed by atoms with E-state index in [4.69, 9.17) is 0 Å². The van der Waals surface area contributed by atoms with Crippen molar-refractivity contribution in [2.75, 3.05) is 0 Å². The molecule has 2 bridgehead atoms. The van der Waals surface area contributed by atoms with E-state index in [0.29, 0.717) is 11.2 Å². The predicted octanol–water partition coefficient (Wildman–Crippen LogP) is 2.79. The van der Waals surface area contributed by atoms with Crippen LogP contribution in [0.3, 0.4) is 0 Å². The van der Waals surface area contributed by atoms with E-state index in [9.17, 15) is 4.79 Å². The Bertz CT molecular complexity index is 205. The van der Waals surface area contributed by atoms with Gasteiger partial charge in [0.25, 0.3) is 0 Å². The molecule has 0 heterocycles. The summed E-state index contributed by atoms with van der Waals surface area (Å²) in [6, 6.07) is 0. The minimum atomic E-state index is 0.294. The van der Waals surface area contributed by atoms with Gasteiger partial charge in [0.15, 0.2) is 0 Å². The Labute approximate surface area is 74.5 Å². The third-order valence-electron chi connectivity index (χ3n) is 3.82. The van der Waals surface area contributed by atoms with E-state index in [1.54, 1.807) is 0 Å². The van der Waals surface area contributed by atoms with E-state index in [0.717, 1.165) is 24.7 Å². The molecule has 0 aromatic heterocycles. The highest BCUT2D eigenvalue weighted by atomic mass is 16.1. The summed E-state index contributed by atoms with van der Waals surface area (Å²) in [5.74, 6) is 2.07. The minimum absolute atomic E-state index is 0.294. The van der Waals surface area contributed by atoms with E-state index in [1.165, 1.54) is 19.3 Å². The van der Waals surface area contributed by atoms with Crippen molar-refractivity contribution in [1.82, 2.24) is 0 Å². The Hall–Kier alpha value is -0.330. The van der Waals surface area contributed by atoms with Crippen LogP contribution in [0.15, 0.2) is 0 Å². The van der Waals surface area contributed by atoms with Gasteiger partial charge in [0.1, 0.15) is 5.78 Å². The molecule has 0 aliphatic heterocycles. The molecule has 0 spiro atoms. The molecular weight excluding hydrogens is 148 g/mol. The highest BCUT2D eigenvalue weighted by molar-refractivity contribution is 5.79. The van der Waals surface area contributed by atoms with Gasteiger partial charge in [-0.25, -0.2) is 0 Å². The molecule has 0 amide bonds. The molecule has 12 heavy (non-hydrogen) atoms. The fourth-order valence-electron chi connectivity index (χ4n) is 3.02. The fourth-order valence-corrected chi connectivity index (χ4v) is 3.02. The van der Waals surface area contributed by atoms with E-state index in [-0.39, 0.29) is 0 Å². The molecule has 2 fully saturated rings. The average Bonchev–Trinajstić information content (AvgIpc) is 2.29. The van der Waals surface area contributed by atoms with Crippen molar-refractivity contribution in [2.24, 2.45) is 17.3 Å². The van der Waals surface area contributed by atoms with Gasteiger partial charge in [-0.1, -0.05) is 13.8 Å². The standard InChI is InChI=1S/C11H18O/c1-11(2)7-10(12)6-8-3-4-9(11)5-8/h8-9H,3-7H2,1-2H3. The zero-order valence-corrected chi connectivity index (χ0v) is 8.10. The first-order valence-corrected chi connectivity index (χ1v) is 5.09. The molecule has 2 aliphatic carbocycles. The topological polar surface area (TPSA) is 17.1 Å². The van der Waals surface area contributed by atoms with Crippen LogP contribution in [0.1, 0.15) is 46.0 Å². The number of fused-ring (bicyclic) bond motifs is 2. The molecule has 1 nitrogen and oxygen atoms in total. The number of rotatable bonds is 0. The smallest absolute Gasteiger partial charge is 0.133 e. The van der Waals surface area contributed by atoms with Gasteiger partial charge in [-0.05, 0) is 36.5 Å². The second kappa shape index (κ2) is 2.58. The van der Waals surface area contributed by atoms with Gasteiger partial charge in [-0.3, -0.25) is 4.79 Å². The minimum Gasteiger partial charge on any atom is -0.300 e. The lowest BCUT2D eigenvalue weighted by Crippen LogP contribution is -2.23. The molecule has 2 rings (SSSR count). The van der Waals surface area contributed by atoms with E-state index in [1.807, 2.05) is 0 Å². The van der Waals surface area contributed by atoms with Crippen LogP contribution < -0.4 is 0 Å². The largest absolute Gasteiger partial charge is 0.300 e. The third-order valence-corrected chi connectivity index (χ3v) is 3.82. The summed E-state index contributed by atoms with van der Waals surface area (Å²) in [7, 11) is 0. The summed E-state index contributed by atoms with van der Waals surface area (Å²) < 4.78 is 0. The number of ketones is 1. The summed E-state index contributed by atoms with van der Waals surface area (Å²) in [5, 5.41) is 0. The van der Waals surface area contributed by atoms with Gasteiger partial charge in [0.2, 0.25) is 0 Å². The van der Waals surface area contributed by atoms with Crippen molar-refractivity contribution < 1.29 is 4.79 Å². The van der Waals surface area contributed by atoms with Crippen molar-refractivity contribution >= 4 is 5.78 Å². The molecule has 2 atom stereocenters. The van der Waals surface area contributed by atoms with Crippen molar-refractivity contribution in [3.63, 3.8) is 0 Å². The van der Waals surface area contributed by atoms with Crippen LogP contribution in [0.5, 0.6) is 0 Å². The SMILES string of the molecule is CC1(C)CC(=O)CC2CCC1C2. The summed E-state index contributed by atoms with van der Waals surface area (Å²) in [6.07, 6.45) is 5.69. The number of carbonyl (C=O) groups excluding carboxylic acids is 1. The number of carbonyl (C=O) groups is 1. The van der Waals surface area contributed by atoms with E-state index in [2.05, 4.69) is 13.8 Å². The average molecular weight is 166 g/mol. The van der Waals surface area contributed by atoms with Crippen LogP contribution in [0.4, 0.5) is 0 Å². The van der Waals surface area contributed by atoms with Gasteiger partial charge in [-0.15, -0.1) is 0 Å². The Kier molecular flexibility index (Phi) is 1.78. The molecule has 2 aliphatic rings. The first kappa shape index (κ1) is 8.28. The molecular formula is C11H18O. The normalized spacial score (nSPS) is 39.7. The lowest BCUT2D eigenvalue weighted by molar-refractivity contribution is -0.121. The van der Waals surface area contributed by atoms with Gasteiger partial charge in [0.05, 0.1) is 0 Å². The molecule has 0 saturated heterocycles. The first-order chi connectivity index (χ1) is 5.58. The van der Waals surface area contributed by atoms with Gasteiger partial charge >= 0.3 is 0 Å².